The van der Waals surface area contributed by atoms with Crippen LogP contribution >= 0.6 is 15.9 Å². The maximum absolute atomic E-state index is 11.7. The summed E-state index contributed by atoms with van der Waals surface area (Å²) in [6, 6.07) is 4.49. The van der Waals surface area contributed by atoms with E-state index in [1.165, 1.54) is 20.2 Å². The number of rotatable bonds is 2. The minimum atomic E-state index is -3.58. The normalized spacial score (nSPS) is 12.0. The molecule has 0 unspecified atom stereocenters. The van der Waals surface area contributed by atoms with Gasteiger partial charge in [0.15, 0.2) is 0 Å². The number of hydrogen-bond donors (Lipinski definition) is 1. The molecule has 0 spiro atoms. The van der Waals surface area contributed by atoms with Gasteiger partial charge in [-0.3, -0.25) is 0 Å². The number of nitrogens with zero attached hydrogens (tertiary/aromatic N) is 1. The molecule has 0 saturated carbocycles. The van der Waals surface area contributed by atoms with Crippen LogP contribution in [0.15, 0.2) is 27.6 Å². The van der Waals surface area contributed by atoms with Gasteiger partial charge >= 0.3 is 0 Å². The molecule has 4 nitrogen and oxygen atoms in total. The first-order valence-electron chi connectivity index (χ1n) is 3.77. The summed E-state index contributed by atoms with van der Waals surface area (Å²) in [5.74, 6) is -0.263. The fourth-order valence-electron chi connectivity index (χ4n) is 0.900. The van der Waals surface area contributed by atoms with Crippen molar-refractivity contribution in [1.82, 2.24) is 4.31 Å². The average Bonchev–Trinajstić information content (AvgIpc) is 2.09. The molecule has 78 valence electrons. The number of sulfonamides is 1. The second-order valence-electron chi connectivity index (χ2n) is 2.87. The zero-order chi connectivity index (χ0) is 10.9. The smallest absolute Gasteiger partial charge is 0.246 e. The number of phenols is 1. The quantitative estimate of drug-likeness (QED) is 0.891. The number of para-hydroxylation sites is 1. The van der Waals surface area contributed by atoms with E-state index in [4.69, 9.17) is 0 Å². The fourth-order valence-corrected chi connectivity index (χ4v) is 2.40. The summed E-state index contributed by atoms with van der Waals surface area (Å²) in [6.45, 7) is 0. The highest BCUT2D eigenvalue weighted by Gasteiger charge is 2.22. The molecule has 6 heteroatoms. The summed E-state index contributed by atoms with van der Waals surface area (Å²) in [4.78, 5) is -0.100. The molecule has 1 aromatic carbocycles. The Morgan fingerprint density at radius 3 is 2.43 bits per heavy atom. The Kier molecular flexibility index (Phi) is 3.18. The molecule has 0 fully saturated rings. The number of halogens is 1. The van der Waals surface area contributed by atoms with Crippen LogP contribution in [0.5, 0.6) is 5.75 Å². The Balaban J connectivity index is 3.42. The summed E-state index contributed by atoms with van der Waals surface area (Å²) in [6.07, 6.45) is 0. The highest BCUT2D eigenvalue weighted by Crippen LogP contribution is 2.31. The van der Waals surface area contributed by atoms with Crippen molar-refractivity contribution in [1.29, 1.82) is 0 Å². The van der Waals surface area contributed by atoms with Gasteiger partial charge in [-0.25, -0.2) is 12.7 Å². The highest BCUT2D eigenvalue weighted by atomic mass is 79.9. The lowest BCUT2D eigenvalue weighted by molar-refractivity contribution is 0.449. The number of aromatic hydroxyl groups is 1. The SMILES string of the molecule is CN(C)S(=O)(=O)c1cccc(Br)c1O. The average molecular weight is 280 g/mol. The molecule has 0 radical (unpaired) electrons. The predicted octanol–water partition coefficient (Wildman–Crippen LogP) is 1.41. The minimum Gasteiger partial charge on any atom is -0.505 e. The third-order valence-electron chi connectivity index (χ3n) is 1.71. The first kappa shape index (κ1) is 11.5. The molecule has 0 amide bonds. The Bertz CT molecular complexity index is 442. The predicted molar refractivity (Wildman–Crippen MR) is 56.7 cm³/mol. The molecule has 0 aromatic heterocycles. The van der Waals surface area contributed by atoms with Crippen molar-refractivity contribution in [3.8, 4) is 5.75 Å². The molecular formula is C8H10BrNO3S. The maximum Gasteiger partial charge on any atom is 0.246 e. The second-order valence-corrected chi connectivity index (χ2v) is 5.85. The molecular weight excluding hydrogens is 270 g/mol. The van der Waals surface area contributed by atoms with Gasteiger partial charge < -0.3 is 5.11 Å². The van der Waals surface area contributed by atoms with E-state index in [0.717, 1.165) is 4.31 Å². The monoisotopic (exact) mass is 279 g/mol. The summed E-state index contributed by atoms with van der Waals surface area (Å²) < 4.78 is 24.7. The van der Waals surface area contributed by atoms with Crippen molar-refractivity contribution in [3.63, 3.8) is 0 Å². The van der Waals surface area contributed by atoms with E-state index in [-0.39, 0.29) is 10.6 Å². The van der Waals surface area contributed by atoms with E-state index in [0.29, 0.717) is 4.47 Å². The second kappa shape index (κ2) is 3.88. The molecule has 0 atom stereocenters. The van der Waals surface area contributed by atoms with Crippen LogP contribution in [0.25, 0.3) is 0 Å². The zero-order valence-corrected chi connectivity index (χ0v) is 10.1. The molecule has 0 bridgehead atoms. The van der Waals surface area contributed by atoms with Crippen LogP contribution in [-0.2, 0) is 10.0 Å². The van der Waals surface area contributed by atoms with Gasteiger partial charge in [-0.05, 0) is 28.1 Å². The van der Waals surface area contributed by atoms with Gasteiger partial charge in [0.1, 0.15) is 10.6 Å². The van der Waals surface area contributed by atoms with E-state index >= 15 is 0 Å². The first-order chi connectivity index (χ1) is 6.37. The van der Waals surface area contributed by atoms with Crippen LogP contribution in [0.4, 0.5) is 0 Å². The van der Waals surface area contributed by atoms with Crippen LogP contribution in [0.2, 0.25) is 0 Å². The largest absolute Gasteiger partial charge is 0.505 e. The van der Waals surface area contributed by atoms with Crippen LogP contribution in [-0.4, -0.2) is 31.9 Å². The van der Waals surface area contributed by atoms with Crippen molar-refractivity contribution in [3.05, 3.63) is 22.7 Å². The van der Waals surface area contributed by atoms with Gasteiger partial charge in [0, 0.05) is 14.1 Å². The first-order valence-corrected chi connectivity index (χ1v) is 6.00. The molecule has 0 saturated heterocycles. The van der Waals surface area contributed by atoms with Crippen molar-refractivity contribution >= 4 is 26.0 Å². The molecule has 14 heavy (non-hydrogen) atoms. The van der Waals surface area contributed by atoms with E-state index in [2.05, 4.69) is 15.9 Å². The fraction of sp³-hybridized carbons (Fsp3) is 0.250. The Morgan fingerprint density at radius 1 is 1.36 bits per heavy atom. The zero-order valence-electron chi connectivity index (χ0n) is 7.73. The number of hydrogen-bond acceptors (Lipinski definition) is 3. The lowest BCUT2D eigenvalue weighted by atomic mass is 10.3. The summed E-state index contributed by atoms with van der Waals surface area (Å²) >= 11 is 3.05. The standard InChI is InChI=1S/C8H10BrNO3S/c1-10(2)14(12,13)7-5-3-4-6(9)8(7)11/h3-5,11H,1-2H3. The Labute approximate surface area is 91.3 Å². The summed E-state index contributed by atoms with van der Waals surface area (Å²) in [7, 11) is -0.752. The third kappa shape index (κ3) is 1.92. The van der Waals surface area contributed by atoms with E-state index in [1.807, 2.05) is 0 Å². The van der Waals surface area contributed by atoms with E-state index in [1.54, 1.807) is 12.1 Å². The van der Waals surface area contributed by atoms with Crippen LogP contribution in [0.1, 0.15) is 0 Å². The van der Waals surface area contributed by atoms with Gasteiger partial charge in [-0.1, -0.05) is 6.07 Å². The number of benzene rings is 1. The molecule has 1 rings (SSSR count). The van der Waals surface area contributed by atoms with Gasteiger partial charge in [0.05, 0.1) is 4.47 Å². The Hall–Kier alpha value is -0.590. The molecule has 1 aromatic rings. The van der Waals surface area contributed by atoms with Crippen LogP contribution in [0, 0.1) is 0 Å². The molecule has 0 aliphatic carbocycles. The van der Waals surface area contributed by atoms with E-state index < -0.39 is 10.0 Å². The topological polar surface area (TPSA) is 57.6 Å². The molecule has 0 heterocycles. The van der Waals surface area contributed by atoms with Crippen molar-refractivity contribution < 1.29 is 13.5 Å². The summed E-state index contributed by atoms with van der Waals surface area (Å²) in [5.41, 5.74) is 0. The minimum absolute atomic E-state index is 0.100. The van der Waals surface area contributed by atoms with Gasteiger partial charge in [-0.15, -0.1) is 0 Å². The van der Waals surface area contributed by atoms with Crippen molar-refractivity contribution in [2.45, 2.75) is 4.90 Å². The number of phenolic OH excluding ortho intramolecular Hbond substituents is 1. The van der Waals surface area contributed by atoms with E-state index in [9.17, 15) is 13.5 Å². The molecule has 1 N–H and O–H groups in total. The van der Waals surface area contributed by atoms with Crippen molar-refractivity contribution in [2.75, 3.05) is 14.1 Å². The van der Waals surface area contributed by atoms with Crippen LogP contribution < -0.4 is 0 Å². The lowest BCUT2D eigenvalue weighted by Crippen LogP contribution is -2.22. The Morgan fingerprint density at radius 2 is 1.93 bits per heavy atom. The van der Waals surface area contributed by atoms with Gasteiger partial charge in [0.2, 0.25) is 10.0 Å². The maximum atomic E-state index is 11.7. The van der Waals surface area contributed by atoms with Gasteiger partial charge in [0.25, 0.3) is 0 Å². The molecule has 0 aliphatic heterocycles. The third-order valence-corrected chi connectivity index (χ3v) is 4.19. The summed E-state index contributed by atoms with van der Waals surface area (Å²) in [5, 5.41) is 9.53. The van der Waals surface area contributed by atoms with Crippen LogP contribution in [0.3, 0.4) is 0 Å². The lowest BCUT2D eigenvalue weighted by Gasteiger charge is -2.12. The van der Waals surface area contributed by atoms with Gasteiger partial charge in [-0.2, -0.15) is 0 Å². The molecule has 0 aliphatic rings. The highest BCUT2D eigenvalue weighted by molar-refractivity contribution is 9.10. The van der Waals surface area contributed by atoms with Crippen molar-refractivity contribution in [2.24, 2.45) is 0 Å².